The van der Waals surface area contributed by atoms with Gasteiger partial charge < -0.3 is 15.5 Å². The van der Waals surface area contributed by atoms with Gasteiger partial charge in [-0.15, -0.1) is 0 Å². The molecule has 0 rings (SSSR count). The van der Waals surface area contributed by atoms with Crippen LogP contribution >= 0.6 is 0 Å². The first-order valence-corrected chi connectivity index (χ1v) is 10.8. The summed E-state index contributed by atoms with van der Waals surface area (Å²) in [7, 11) is 0. The van der Waals surface area contributed by atoms with Gasteiger partial charge in [0.2, 0.25) is 0 Å². The number of hydrogen-bond donors (Lipinski definition) is 3. The van der Waals surface area contributed by atoms with Crippen LogP contribution in [0.3, 0.4) is 0 Å². The van der Waals surface area contributed by atoms with Crippen LogP contribution in [0.25, 0.3) is 0 Å². The summed E-state index contributed by atoms with van der Waals surface area (Å²) < 4.78 is 0. The minimum atomic E-state index is -0.973. The molecule has 0 saturated carbocycles. The summed E-state index contributed by atoms with van der Waals surface area (Å²) in [6.07, 6.45) is 21.4. The van der Waals surface area contributed by atoms with Crippen LogP contribution in [-0.4, -0.2) is 64.9 Å². The Bertz CT molecular complexity index is 290. The fraction of sp³-hybridized carbons (Fsp3) is 0.952. The molecule has 0 fully saturated rings. The Kier molecular flexibility index (Phi) is 25.8. The Morgan fingerprint density at radius 2 is 1.08 bits per heavy atom. The van der Waals surface area contributed by atoms with Crippen LogP contribution < -0.4 is 5.32 Å². The molecule has 1 atom stereocenters. The van der Waals surface area contributed by atoms with Crippen LogP contribution in [-0.2, 0) is 4.79 Å². The molecular formula is C21H44NNaO3. The van der Waals surface area contributed by atoms with Crippen LogP contribution in [0.4, 0.5) is 0 Å². The van der Waals surface area contributed by atoms with Crippen molar-refractivity contribution in [3.05, 3.63) is 0 Å². The summed E-state index contributed by atoms with van der Waals surface area (Å²) in [5.41, 5.74) is 0. The molecule has 3 N–H and O–H groups in total. The molecule has 152 valence electrons. The molecule has 0 amide bonds. The summed E-state index contributed by atoms with van der Waals surface area (Å²) in [4.78, 5) is 10.7. The van der Waals surface area contributed by atoms with Crippen molar-refractivity contribution in [2.45, 2.75) is 116 Å². The minimum absolute atomic E-state index is 0. The molecule has 0 aromatic heterocycles. The monoisotopic (exact) mass is 381 g/mol. The molecule has 4 nitrogen and oxygen atoms in total. The zero-order valence-corrected chi connectivity index (χ0v) is 16.6. The van der Waals surface area contributed by atoms with Gasteiger partial charge >= 0.3 is 35.5 Å². The molecule has 0 aliphatic heterocycles. The van der Waals surface area contributed by atoms with Crippen LogP contribution in [0.1, 0.15) is 110 Å². The Morgan fingerprint density at radius 3 is 1.38 bits per heavy atom. The van der Waals surface area contributed by atoms with Crippen LogP contribution in [0.15, 0.2) is 0 Å². The number of rotatable bonds is 20. The van der Waals surface area contributed by atoms with Crippen molar-refractivity contribution < 1.29 is 15.0 Å². The van der Waals surface area contributed by atoms with E-state index < -0.39 is 12.0 Å². The number of hydrogen-bond acceptors (Lipinski definition) is 3. The normalized spacial score (nSPS) is 11.9. The molecule has 26 heavy (non-hydrogen) atoms. The van der Waals surface area contributed by atoms with Gasteiger partial charge in [-0.25, -0.2) is 0 Å². The Morgan fingerprint density at radius 1 is 0.731 bits per heavy atom. The molecule has 0 radical (unpaired) electrons. The third kappa shape index (κ3) is 20.7. The fourth-order valence-corrected chi connectivity index (χ4v) is 3.18. The molecular weight excluding hydrogens is 337 g/mol. The predicted molar refractivity (Wildman–Crippen MR) is 113 cm³/mol. The van der Waals surface area contributed by atoms with Crippen molar-refractivity contribution in [1.82, 2.24) is 5.32 Å². The summed E-state index contributed by atoms with van der Waals surface area (Å²) in [5, 5.41) is 20.5. The second-order valence-corrected chi connectivity index (χ2v) is 7.33. The number of carboxylic acids is 1. The number of carbonyl (C=O) groups is 1. The number of aliphatic hydroxyl groups is 1. The first-order valence-electron chi connectivity index (χ1n) is 10.8. The third-order valence-electron chi connectivity index (χ3n) is 4.90. The molecule has 0 spiro atoms. The second kappa shape index (κ2) is 23.4. The van der Waals surface area contributed by atoms with Crippen molar-refractivity contribution in [3.63, 3.8) is 0 Å². The maximum atomic E-state index is 10.7. The summed E-state index contributed by atoms with van der Waals surface area (Å²) in [6.45, 7) is 2.61. The van der Waals surface area contributed by atoms with Gasteiger partial charge in [0.05, 0.1) is 6.61 Å². The van der Waals surface area contributed by atoms with Gasteiger partial charge in [0.1, 0.15) is 6.04 Å². The first kappa shape index (κ1) is 28.6. The number of carboxylic acid groups (broad SMARTS) is 1. The van der Waals surface area contributed by atoms with Gasteiger partial charge in [0.25, 0.3) is 0 Å². The van der Waals surface area contributed by atoms with Crippen LogP contribution in [0.2, 0.25) is 0 Å². The van der Waals surface area contributed by atoms with E-state index in [1.165, 1.54) is 89.9 Å². The summed E-state index contributed by atoms with van der Waals surface area (Å²) in [6, 6.07) is -0.809. The van der Waals surface area contributed by atoms with Crippen LogP contribution in [0.5, 0.6) is 0 Å². The number of aliphatic hydroxyl groups excluding tert-OH is 1. The van der Waals surface area contributed by atoms with Gasteiger partial charge in [-0.1, -0.05) is 103 Å². The third-order valence-corrected chi connectivity index (χ3v) is 4.90. The van der Waals surface area contributed by atoms with E-state index in [2.05, 4.69) is 12.2 Å². The van der Waals surface area contributed by atoms with E-state index in [-0.39, 0.29) is 36.2 Å². The number of unbranched alkanes of at least 4 members (excludes halogenated alkanes) is 15. The standard InChI is InChI=1S/C21H43NO3.Na.H/c1-2-3-4-5-6-7-8-9-10-11-12-13-14-15-16-17-18-22-20(19-23)21(24)25;;/h20,22-23H,2-19H2,1H3,(H,24,25);;/t20-;;/m0../s1. The molecule has 0 saturated heterocycles. The molecule has 0 bridgehead atoms. The zero-order chi connectivity index (χ0) is 18.6. The molecule has 0 unspecified atom stereocenters. The van der Waals surface area contributed by atoms with E-state index in [0.717, 1.165) is 12.8 Å². The van der Waals surface area contributed by atoms with Gasteiger partial charge in [0.15, 0.2) is 0 Å². The topological polar surface area (TPSA) is 69.6 Å². The van der Waals surface area contributed by atoms with Crippen molar-refractivity contribution in [1.29, 1.82) is 0 Å². The van der Waals surface area contributed by atoms with Gasteiger partial charge in [0, 0.05) is 0 Å². The quantitative estimate of drug-likeness (QED) is 0.212. The van der Waals surface area contributed by atoms with E-state index in [1.54, 1.807) is 0 Å². The predicted octanol–water partition coefficient (Wildman–Crippen LogP) is 4.63. The van der Waals surface area contributed by atoms with Crippen molar-refractivity contribution >= 4 is 35.5 Å². The number of nitrogens with one attached hydrogen (secondary N) is 1. The molecule has 0 aliphatic rings. The van der Waals surface area contributed by atoms with E-state index in [9.17, 15) is 4.79 Å². The summed E-state index contributed by atoms with van der Waals surface area (Å²) >= 11 is 0. The van der Waals surface area contributed by atoms with Crippen LogP contribution in [0, 0.1) is 0 Å². The maximum absolute atomic E-state index is 10.7. The second-order valence-electron chi connectivity index (χ2n) is 7.33. The fourth-order valence-electron chi connectivity index (χ4n) is 3.18. The molecule has 0 aromatic carbocycles. The van der Waals surface area contributed by atoms with Crippen molar-refractivity contribution in [2.24, 2.45) is 0 Å². The Balaban J connectivity index is 0. The average molecular weight is 382 g/mol. The van der Waals surface area contributed by atoms with E-state index >= 15 is 0 Å². The Labute approximate surface area is 184 Å². The molecule has 5 heteroatoms. The average Bonchev–Trinajstić information content (AvgIpc) is 2.60. The SMILES string of the molecule is CCCCCCCCCCCCCCCCCCN[C@@H](CO)C(=O)O.[NaH]. The first-order chi connectivity index (χ1) is 12.2. The van der Waals surface area contributed by atoms with Gasteiger partial charge in [-0.2, -0.15) is 0 Å². The molecule has 0 aliphatic carbocycles. The zero-order valence-electron chi connectivity index (χ0n) is 16.6. The van der Waals surface area contributed by atoms with E-state index in [4.69, 9.17) is 10.2 Å². The molecule has 0 aromatic rings. The Hall–Kier alpha value is 0.390. The van der Waals surface area contributed by atoms with Gasteiger partial charge in [-0.3, -0.25) is 4.79 Å². The van der Waals surface area contributed by atoms with Crippen molar-refractivity contribution in [3.8, 4) is 0 Å². The van der Waals surface area contributed by atoms with Gasteiger partial charge in [-0.05, 0) is 13.0 Å². The molecule has 0 heterocycles. The number of aliphatic carboxylic acids is 1. The van der Waals surface area contributed by atoms with Crippen molar-refractivity contribution in [2.75, 3.05) is 13.2 Å². The van der Waals surface area contributed by atoms with E-state index in [0.29, 0.717) is 6.54 Å². The summed E-state index contributed by atoms with van der Waals surface area (Å²) in [5.74, 6) is -0.973. The van der Waals surface area contributed by atoms with E-state index in [1.807, 2.05) is 0 Å².